The second kappa shape index (κ2) is 7.25. The van der Waals surface area contributed by atoms with E-state index in [1.165, 1.54) is 12.8 Å². The summed E-state index contributed by atoms with van der Waals surface area (Å²) in [6.45, 7) is 2.21. The van der Waals surface area contributed by atoms with Gasteiger partial charge in [0.05, 0.1) is 0 Å². The summed E-state index contributed by atoms with van der Waals surface area (Å²) < 4.78 is 0. The standard InChI is InChI=1S/C16H19ClN2/c1-2-3-5-13(9-10-17)12-15-8-7-14-6-4-11-18-16(14)19-15/h4,6-11,13H,2-3,5,12H2,1H3. The molecule has 100 valence electrons. The molecule has 0 aliphatic heterocycles. The zero-order chi connectivity index (χ0) is 13.5. The molecular weight excluding hydrogens is 256 g/mol. The Morgan fingerprint density at radius 1 is 1.32 bits per heavy atom. The average Bonchev–Trinajstić information content (AvgIpc) is 2.45. The van der Waals surface area contributed by atoms with Gasteiger partial charge in [0.1, 0.15) is 0 Å². The van der Waals surface area contributed by atoms with Crippen molar-refractivity contribution in [2.75, 3.05) is 0 Å². The molecule has 0 bridgehead atoms. The van der Waals surface area contributed by atoms with Crippen LogP contribution in [0.2, 0.25) is 0 Å². The van der Waals surface area contributed by atoms with Crippen LogP contribution in [0.5, 0.6) is 0 Å². The van der Waals surface area contributed by atoms with E-state index in [2.05, 4.69) is 35.1 Å². The van der Waals surface area contributed by atoms with E-state index in [4.69, 9.17) is 11.6 Å². The number of allylic oxidation sites excluding steroid dienone is 1. The van der Waals surface area contributed by atoms with Crippen LogP contribution < -0.4 is 0 Å². The molecule has 1 atom stereocenters. The number of hydrogen-bond donors (Lipinski definition) is 0. The third-order valence-electron chi connectivity index (χ3n) is 3.27. The molecule has 0 N–H and O–H groups in total. The van der Waals surface area contributed by atoms with Crippen molar-refractivity contribution in [3.63, 3.8) is 0 Å². The lowest BCUT2D eigenvalue weighted by atomic mass is 9.96. The minimum Gasteiger partial charge on any atom is -0.237 e. The first-order valence-electron chi connectivity index (χ1n) is 6.81. The molecule has 2 rings (SSSR count). The van der Waals surface area contributed by atoms with Crippen molar-refractivity contribution in [1.82, 2.24) is 9.97 Å². The van der Waals surface area contributed by atoms with Gasteiger partial charge in [-0.25, -0.2) is 9.97 Å². The molecule has 19 heavy (non-hydrogen) atoms. The highest BCUT2D eigenvalue weighted by Crippen LogP contribution is 2.18. The Morgan fingerprint density at radius 3 is 3.00 bits per heavy atom. The Kier molecular flexibility index (Phi) is 5.34. The molecule has 0 radical (unpaired) electrons. The predicted octanol–water partition coefficient (Wildman–Crippen LogP) is 4.73. The first-order chi connectivity index (χ1) is 9.33. The van der Waals surface area contributed by atoms with E-state index in [0.717, 1.165) is 29.6 Å². The van der Waals surface area contributed by atoms with Gasteiger partial charge in [0.2, 0.25) is 0 Å². The number of aromatic nitrogens is 2. The Morgan fingerprint density at radius 2 is 2.21 bits per heavy atom. The lowest BCUT2D eigenvalue weighted by molar-refractivity contribution is 0.548. The van der Waals surface area contributed by atoms with Crippen LogP contribution in [0.25, 0.3) is 11.0 Å². The van der Waals surface area contributed by atoms with Crippen molar-refractivity contribution < 1.29 is 0 Å². The zero-order valence-corrected chi connectivity index (χ0v) is 12.0. The fourth-order valence-corrected chi connectivity index (χ4v) is 2.42. The summed E-state index contributed by atoms with van der Waals surface area (Å²) in [6, 6.07) is 8.15. The highest BCUT2D eigenvalue weighted by atomic mass is 35.5. The van der Waals surface area contributed by atoms with Gasteiger partial charge in [-0.1, -0.05) is 37.4 Å². The van der Waals surface area contributed by atoms with E-state index in [9.17, 15) is 0 Å². The van der Waals surface area contributed by atoms with E-state index in [0.29, 0.717) is 5.92 Å². The summed E-state index contributed by atoms with van der Waals surface area (Å²) in [6.07, 6.45) is 8.36. The Bertz CT molecular complexity index is 551. The number of halogens is 1. The van der Waals surface area contributed by atoms with Gasteiger partial charge in [-0.3, -0.25) is 0 Å². The fraction of sp³-hybridized carbons (Fsp3) is 0.375. The van der Waals surface area contributed by atoms with Gasteiger partial charge in [0.25, 0.3) is 0 Å². The summed E-state index contributed by atoms with van der Waals surface area (Å²) in [5.74, 6) is 0.464. The maximum Gasteiger partial charge on any atom is 0.159 e. The summed E-state index contributed by atoms with van der Waals surface area (Å²) >= 11 is 5.72. The van der Waals surface area contributed by atoms with E-state index in [1.807, 2.05) is 12.1 Å². The molecule has 0 spiro atoms. The maximum absolute atomic E-state index is 5.72. The molecule has 2 aromatic heterocycles. The summed E-state index contributed by atoms with van der Waals surface area (Å²) in [5, 5.41) is 1.09. The van der Waals surface area contributed by atoms with E-state index < -0.39 is 0 Å². The van der Waals surface area contributed by atoms with Crippen molar-refractivity contribution in [2.24, 2.45) is 5.92 Å². The number of nitrogens with zero attached hydrogens (tertiary/aromatic N) is 2. The van der Waals surface area contributed by atoms with Crippen LogP contribution in [-0.2, 0) is 6.42 Å². The van der Waals surface area contributed by atoms with Crippen LogP contribution >= 0.6 is 11.6 Å². The predicted molar refractivity (Wildman–Crippen MR) is 81.3 cm³/mol. The fourth-order valence-electron chi connectivity index (χ4n) is 2.21. The maximum atomic E-state index is 5.72. The quantitative estimate of drug-likeness (QED) is 0.761. The largest absolute Gasteiger partial charge is 0.237 e. The van der Waals surface area contributed by atoms with Crippen LogP contribution in [0.15, 0.2) is 42.1 Å². The average molecular weight is 275 g/mol. The van der Waals surface area contributed by atoms with Crippen LogP contribution in [0.3, 0.4) is 0 Å². The molecule has 2 heterocycles. The molecule has 0 aliphatic carbocycles. The Balaban J connectivity index is 2.13. The lowest BCUT2D eigenvalue weighted by Gasteiger charge is -2.11. The highest BCUT2D eigenvalue weighted by Gasteiger charge is 2.08. The smallest absolute Gasteiger partial charge is 0.159 e. The minimum atomic E-state index is 0.464. The second-order valence-electron chi connectivity index (χ2n) is 4.78. The van der Waals surface area contributed by atoms with Gasteiger partial charge < -0.3 is 0 Å². The molecule has 2 nitrogen and oxygen atoms in total. The Hall–Kier alpha value is -1.41. The van der Waals surface area contributed by atoms with Crippen molar-refractivity contribution >= 4 is 22.6 Å². The van der Waals surface area contributed by atoms with E-state index in [1.54, 1.807) is 11.7 Å². The van der Waals surface area contributed by atoms with E-state index >= 15 is 0 Å². The first-order valence-corrected chi connectivity index (χ1v) is 7.24. The molecule has 0 amide bonds. The molecule has 0 fully saturated rings. The summed E-state index contributed by atoms with van der Waals surface area (Å²) in [4.78, 5) is 8.92. The molecule has 0 saturated carbocycles. The van der Waals surface area contributed by atoms with Crippen molar-refractivity contribution in [3.8, 4) is 0 Å². The normalized spacial score (nSPS) is 13.2. The Labute approximate surface area is 119 Å². The number of unbranched alkanes of at least 4 members (excludes halogenated alkanes) is 1. The van der Waals surface area contributed by atoms with Gasteiger partial charge >= 0.3 is 0 Å². The second-order valence-corrected chi connectivity index (χ2v) is 5.03. The van der Waals surface area contributed by atoms with Crippen molar-refractivity contribution in [3.05, 3.63) is 47.8 Å². The topological polar surface area (TPSA) is 25.8 Å². The van der Waals surface area contributed by atoms with Crippen molar-refractivity contribution in [1.29, 1.82) is 0 Å². The van der Waals surface area contributed by atoms with Crippen LogP contribution in [0, 0.1) is 5.92 Å². The molecule has 0 aromatic carbocycles. The SMILES string of the molecule is CCCCC(C=CCl)Cc1ccc2cccnc2n1. The molecular formula is C16H19ClN2. The van der Waals surface area contributed by atoms with Crippen molar-refractivity contribution in [2.45, 2.75) is 32.6 Å². The number of hydrogen-bond acceptors (Lipinski definition) is 2. The molecule has 3 heteroatoms. The monoisotopic (exact) mass is 274 g/mol. The van der Waals surface area contributed by atoms with Gasteiger partial charge in [-0.2, -0.15) is 0 Å². The highest BCUT2D eigenvalue weighted by molar-refractivity contribution is 6.25. The molecule has 0 aliphatic rings. The minimum absolute atomic E-state index is 0.464. The summed E-state index contributed by atoms with van der Waals surface area (Å²) in [5.41, 5.74) is 3.53. The number of pyridine rings is 2. The zero-order valence-electron chi connectivity index (χ0n) is 11.2. The molecule has 2 aromatic rings. The van der Waals surface area contributed by atoms with Gasteiger partial charge in [-0.15, -0.1) is 0 Å². The lowest BCUT2D eigenvalue weighted by Crippen LogP contribution is -2.03. The van der Waals surface area contributed by atoms with Crippen LogP contribution in [-0.4, -0.2) is 9.97 Å². The summed E-state index contributed by atoms with van der Waals surface area (Å²) in [7, 11) is 0. The van der Waals surface area contributed by atoms with E-state index in [-0.39, 0.29) is 0 Å². The molecule has 0 saturated heterocycles. The van der Waals surface area contributed by atoms with Crippen LogP contribution in [0.4, 0.5) is 0 Å². The third-order valence-corrected chi connectivity index (χ3v) is 3.41. The molecule has 1 unspecified atom stereocenters. The van der Waals surface area contributed by atoms with Gasteiger partial charge in [0, 0.05) is 22.8 Å². The van der Waals surface area contributed by atoms with Crippen LogP contribution in [0.1, 0.15) is 31.9 Å². The van der Waals surface area contributed by atoms with Gasteiger partial charge in [0.15, 0.2) is 5.65 Å². The first kappa shape index (κ1) is 14.0. The van der Waals surface area contributed by atoms with Gasteiger partial charge in [-0.05, 0) is 43.0 Å². The number of fused-ring (bicyclic) bond motifs is 1. The third kappa shape index (κ3) is 4.03. The number of rotatable bonds is 6.